The zero-order chi connectivity index (χ0) is 13.8. The molecule has 1 saturated heterocycles. The third-order valence-electron chi connectivity index (χ3n) is 3.40. The Morgan fingerprint density at radius 1 is 1.16 bits per heavy atom. The quantitative estimate of drug-likeness (QED) is 0.887. The number of hydrogen-bond donors (Lipinski definition) is 1. The number of nitrogens with one attached hydrogen (secondary N) is 1. The van der Waals surface area contributed by atoms with Gasteiger partial charge in [-0.05, 0) is 19.1 Å². The third-order valence-corrected chi connectivity index (χ3v) is 3.40. The second kappa shape index (κ2) is 5.93. The van der Waals surface area contributed by atoms with Crippen LogP contribution in [0.5, 0.6) is 11.5 Å². The van der Waals surface area contributed by atoms with Crippen molar-refractivity contribution in [3.05, 3.63) is 23.3 Å². The zero-order valence-corrected chi connectivity index (χ0v) is 11.7. The molecule has 0 aliphatic carbocycles. The zero-order valence-electron chi connectivity index (χ0n) is 11.7. The van der Waals surface area contributed by atoms with Crippen LogP contribution in [0, 0.1) is 6.92 Å². The molecule has 0 spiro atoms. The molecule has 104 valence electrons. The van der Waals surface area contributed by atoms with E-state index in [2.05, 4.69) is 5.32 Å². The highest BCUT2D eigenvalue weighted by molar-refractivity contribution is 5.95. The van der Waals surface area contributed by atoms with Gasteiger partial charge in [-0.1, -0.05) is 0 Å². The van der Waals surface area contributed by atoms with Crippen molar-refractivity contribution >= 4 is 5.91 Å². The van der Waals surface area contributed by atoms with E-state index in [9.17, 15) is 4.79 Å². The largest absolute Gasteiger partial charge is 0.496 e. The number of methoxy groups -OCH3 is 2. The number of rotatable bonds is 3. The van der Waals surface area contributed by atoms with Crippen LogP contribution < -0.4 is 14.8 Å². The molecule has 0 bridgehead atoms. The Kier molecular flexibility index (Phi) is 4.27. The summed E-state index contributed by atoms with van der Waals surface area (Å²) in [5.41, 5.74) is 1.52. The van der Waals surface area contributed by atoms with Gasteiger partial charge in [0, 0.05) is 37.3 Å². The highest BCUT2D eigenvalue weighted by Crippen LogP contribution is 2.30. The Bertz CT molecular complexity index is 443. The number of piperazine rings is 1. The van der Waals surface area contributed by atoms with Crippen LogP contribution in [0.4, 0.5) is 0 Å². The van der Waals surface area contributed by atoms with Crippen LogP contribution in [0.2, 0.25) is 0 Å². The molecule has 1 N–H and O–H groups in total. The summed E-state index contributed by atoms with van der Waals surface area (Å²) in [6.07, 6.45) is 0. The summed E-state index contributed by atoms with van der Waals surface area (Å²) in [4.78, 5) is 14.3. The Balaban J connectivity index is 2.30. The number of carbonyl (C=O) groups excluding carboxylic acids is 1. The summed E-state index contributed by atoms with van der Waals surface area (Å²) >= 11 is 0. The van der Waals surface area contributed by atoms with Gasteiger partial charge in [-0.15, -0.1) is 0 Å². The van der Waals surface area contributed by atoms with E-state index in [0.29, 0.717) is 17.1 Å². The molecule has 0 saturated carbocycles. The van der Waals surface area contributed by atoms with Crippen LogP contribution in [0.3, 0.4) is 0 Å². The number of nitrogens with zero attached hydrogens (tertiary/aromatic N) is 1. The van der Waals surface area contributed by atoms with Crippen LogP contribution in [0.25, 0.3) is 0 Å². The van der Waals surface area contributed by atoms with Crippen LogP contribution in [0.1, 0.15) is 15.9 Å². The molecule has 1 aromatic carbocycles. The summed E-state index contributed by atoms with van der Waals surface area (Å²) in [5, 5.41) is 3.23. The second-order valence-electron chi connectivity index (χ2n) is 4.55. The third kappa shape index (κ3) is 2.81. The van der Waals surface area contributed by atoms with Gasteiger partial charge in [-0.3, -0.25) is 4.79 Å². The van der Waals surface area contributed by atoms with Crippen LogP contribution in [0.15, 0.2) is 12.1 Å². The smallest absolute Gasteiger partial charge is 0.254 e. The lowest BCUT2D eigenvalue weighted by molar-refractivity contribution is 0.0735. The van der Waals surface area contributed by atoms with Gasteiger partial charge in [0.25, 0.3) is 5.91 Å². The molecule has 5 nitrogen and oxygen atoms in total. The molecule has 0 aromatic heterocycles. The lowest BCUT2D eigenvalue weighted by Crippen LogP contribution is -2.46. The summed E-state index contributed by atoms with van der Waals surface area (Å²) in [7, 11) is 3.20. The topological polar surface area (TPSA) is 50.8 Å². The van der Waals surface area contributed by atoms with E-state index in [1.54, 1.807) is 26.4 Å². The van der Waals surface area contributed by atoms with Crippen LogP contribution >= 0.6 is 0 Å². The number of ether oxygens (including phenoxy) is 2. The lowest BCUT2D eigenvalue weighted by atomic mass is 10.1. The van der Waals surface area contributed by atoms with E-state index in [1.165, 1.54) is 0 Å². The van der Waals surface area contributed by atoms with E-state index >= 15 is 0 Å². The molecule has 1 aliphatic rings. The monoisotopic (exact) mass is 264 g/mol. The molecule has 2 rings (SSSR count). The first-order valence-corrected chi connectivity index (χ1v) is 6.40. The summed E-state index contributed by atoms with van der Waals surface area (Å²) in [6.45, 7) is 5.06. The number of hydrogen-bond acceptors (Lipinski definition) is 4. The molecule has 1 aromatic rings. The van der Waals surface area contributed by atoms with Gasteiger partial charge in [0.05, 0.1) is 14.2 Å². The minimum absolute atomic E-state index is 0.0260. The normalized spacial score (nSPS) is 15.2. The first kappa shape index (κ1) is 13.7. The standard InChI is InChI=1S/C14H20N2O3/c1-10-12(18-2)8-11(9-13(10)19-3)14(17)16-6-4-15-5-7-16/h8-9,15H,4-7H2,1-3H3. The fourth-order valence-electron chi connectivity index (χ4n) is 2.26. The van der Waals surface area contributed by atoms with Crippen molar-refractivity contribution in [2.75, 3.05) is 40.4 Å². The van der Waals surface area contributed by atoms with Gasteiger partial charge >= 0.3 is 0 Å². The van der Waals surface area contributed by atoms with Crippen LogP contribution in [-0.2, 0) is 0 Å². The summed E-state index contributed by atoms with van der Waals surface area (Å²) in [6, 6.07) is 3.56. The Labute approximate surface area is 113 Å². The Morgan fingerprint density at radius 2 is 1.68 bits per heavy atom. The predicted octanol–water partition coefficient (Wildman–Crippen LogP) is 1.06. The van der Waals surface area contributed by atoms with Crippen molar-refractivity contribution < 1.29 is 14.3 Å². The van der Waals surface area contributed by atoms with E-state index in [0.717, 1.165) is 31.7 Å². The van der Waals surface area contributed by atoms with Crippen molar-refractivity contribution in [1.82, 2.24) is 10.2 Å². The highest BCUT2D eigenvalue weighted by Gasteiger charge is 2.20. The summed E-state index contributed by atoms with van der Waals surface area (Å²) < 4.78 is 10.6. The number of carbonyl (C=O) groups is 1. The van der Waals surface area contributed by atoms with E-state index < -0.39 is 0 Å². The van der Waals surface area contributed by atoms with Crippen molar-refractivity contribution in [3.8, 4) is 11.5 Å². The molecule has 1 amide bonds. The first-order chi connectivity index (χ1) is 9.17. The molecular weight excluding hydrogens is 244 g/mol. The molecule has 0 radical (unpaired) electrons. The van der Waals surface area contributed by atoms with Gasteiger partial charge in [-0.25, -0.2) is 0 Å². The van der Waals surface area contributed by atoms with Crippen molar-refractivity contribution in [2.45, 2.75) is 6.92 Å². The molecule has 1 aliphatic heterocycles. The lowest BCUT2D eigenvalue weighted by Gasteiger charge is -2.27. The fourth-order valence-corrected chi connectivity index (χ4v) is 2.26. The second-order valence-corrected chi connectivity index (χ2v) is 4.55. The maximum absolute atomic E-state index is 12.4. The van der Waals surface area contributed by atoms with Crippen molar-refractivity contribution in [2.24, 2.45) is 0 Å². The summed E-state index contributed by atoms with van der Waals surface area (Å²) in [5.74, 6) is 1.38. The Morgan fingerprint density at radius 3 is 2.16 bits per heavy atom. The van der Waals surface area contributed by atoms with Gasteiger partial charge in [-0.2, -0.15) is 0 Å². The molecule has 19 heavy (non-hydrogen) atoms. The average Bonchev–Trinajstić information content (AvgIpc) is 2.47. The van der Waals surface area contributed by atoms with Crippen molar-refractivity contribution in [1.29, 1.82) is 0 Å². The van der Waals surface area contributed by atoms with Gasteiger partial charge in [0.15, 0.2) is 0 Å². The Hall–Kier alpha value is -1.75. The average molecular weight is 264 g/mol. The molecule has 5 heteroatoms. The van der Waals surface area contributed by atoms with E-state index in [1.807, 2.05) is 11.8 Å². The number of benzene rings is 1. The highest BCUT2D eigenvalue weighted by atomic mass is 16.5. The molecule has 0 unspecified atom stereocenters. The van der Waals surface area contributed by atoms with Crippen LogP contribution in [-0.4, -0.2) is 51.2 Å². The van der Waals surface area contributed by atoms with E-state index in [-0.39, 0.29) is 5.91 Å². The predicted molar refractivity (Wildman–Crippen MR) is 73.1 cm³/mol. The minimum Gasteiger partial charge on any atom is -0.496 e. The maximum Gasteiger partial charge on any atom is 0.254 e. The fraction of sp³-hybridized carbons (Fsp3) is 0.500. The SMILES string of the molecule is COc1cc(C(=O)N2CCNCC2)cc(OC)c1C. The molecule has 1 heterocycles. The van der Waals surface area contributed by atoms with Gasteiger partial charge in [0.2, 0.25) is 0 Å². The van der Waals surface area contributed by atoms with Crippen molar-refractivity contribution in [3.63, 3.8) is 0 Å². The molecule has 0 atom stereocenters. The minimum atomic E-state index is 0.0260. The maximum atomic E-state index is 12.4. The van der Waals surface area contributed by atoms with Gasteiger partial charge in [0.1, 0.15) is 11.5 Å². The van der Waals surface area contributed by atoms with E-state index in [4.69, 9.17) is 9.47 Å². The number of amides is 1. The first-order valence-electron chi connectivity index (χ1n) is 6.40. The molecular formula is C14H20N2O3. The molecule has 1 fully saturated rings. The van der Waals surface area contributed by atoms with Gasteiger partial charge < -0.3 is 19.7 Å².